The average molecular weight is 223 g/mol. The number of aryl methyl sites for hydroxylation is 1. The van der Waals surface area contributed by atoms with Crippen molar-refractivity contribution in [1.29, 1.82) is 0 Å². The summed E-state index contributed by atoms with van der Waals surface area (Å²) in [6, 6.07) is 2.04. The van der Waals surface area contributed by atoms with Gasteiger partial charge in [0.15, 0.2) is 0 Å². The van der Waals surface area contributed by atoms with E-state index in [1.165, 1.54) is 5.69 Å². The van der Waals surface area contributed by atoms with Crippen molar-refractivity contribution in [3.8, 4) is 0 Å². The van der Waals surface area contributed by atoms with Gasteiger partial charge in [-0.3, -0.25) is 4.68 Å². The minimum Gasteiger partial charge on any atom is -0.389 e. The molecular weight excluding hydrogens is 202 g/mol. The summed E-state index contributed by atoms with van der Waals surface area (Å²) in [4.78, 5) is 0. The molecule has 1 aromatic heterocycles. The number of rotatable bonds is 6. The molecule has 0 bridgehead atoms. The van der Waals surface area contributed by atoms with Crippen molar-refractivity contribution < 1.29 is 5.11 Å². The van der Waals surface area contributed by atoms with Crippen LogP contribution in [0, 0.1) is 0 Å². The first-order chi connectivity index (χ1) is 7.73. The molecule has 0 saturated heterocycles. The van der Waals surface area contributed by atoms with E-state index >= 15 is 0 Å². The maximum atomic E-state index is 9.93. The van der Waals surface area contributed by atoms with E-state index in [-0.39, 0.29) is 0 Å². The van der Waals surface area contributed by atoms with Crippen molar-refractivity contribution in [2.45, 2.75) is 51.3 Å². The highest BCUT2D eigenvalue weighted by atomic mass is 16.3. The van der Waals surface area contributed by atoms with E-state index in [0.29, 0.717) is 6.54 Å². The molecule has 0 aromatic carbocycles. The maximum Gasteiger partial charge on any atom is 0.0771 e. The number of nitrogens with zero attached hydrogens (tertiary/aromatic N) is 2. The molecule has 0 amide bonds. The molecule has 1 aliphatic rings. The average Bonchev–Trinajstić information content (AvgIpc) is 2.64. The van der Waals surface area contributed by atoms with Gasteiger partial charge in [-0.05, 0) is 31.7 Å². The molecule has 16 heavy (non-hydrogen) atoms. The second kappa shape index (κ2) is 4.97. The molecule has 0 aliphatic heterocycles. The molecule has 1 heterocycles. The lowest BCUT2D eigenvalue weighted by Gasteiger charge is -2.36. The predicted molar refractivity (Wildman–Crippen MR) is 63.0 cm³/mol. The van der Waals surface area contributed by atoms with Crippen molar-refractivity contribution in [3.05, 3.63) is 18.0 Å². The summed E-state index contributed by atoms with van der Waals surface area (Å²) in [6.07, 6.45) is 5.97. The molecule has 0 radical (unpaired) electrons. The first-order valence-corrected chi connectivity index (χ1v) is 6.17. The molecule has 2 N–H and O–H groups in total. The molecule has 4 heteroatoms. The zero-order chi connectivity index (χ0) is 11.4. The molecule has 4 nitrogen and oxygen atoms in total. The third-order valence-electron chi connectivity index (χ3n) is 3.28. The Morgan fingerprint density at radius 3 is 3.00 bits per heavy atom. The van der Waals surface area contributed by atoms with Gasteiger partial charge in [0.1, 0.15) is 0 Å². The summed E-state index contributed by atoms with van der Waals surface area (Å²) in [5.41, 5.74) is 0.764. The highest BCUT2D eigenvalue weighted by molar-refractivity contribution is 5.00. The van der Waals surface area contributed by atoms with Crippen LogP contribution in [0.1, 0.15) is 38.3 Å². The van der Waals surface area contributed by atoms with E-state index in [9.17, 15) is 5.11 Å². The number of hydrogen-bond donors (Lipinski definition) is 2. The van der Waals surface area contributed by atoms with E-state index < -0.39 is 5.60 Å². The van der Waals surface area contributed by atoms with E-state index in [1.54, 1.807) is 0 Å². The summed E-state index contributed by atoms with van der Waals surface area (Å²) in [5, 5.41) is 17.5. The van der Waals surface area contributed by atoms with Crippen LogP contribution in [0.25, 0.3) is 0 Å². The topological polar surface area (TPSA) is 50.1 Å². The summed E-state index contributed by atoms with van der Waals surface area (Å²) in [7, 11) is 0. The van der Waals surface area contributed by atoms with Crippen molar-refractivity contribution in [2.75, 3.05) is 6.54 Å². The third-order valence-corrected chi connectivity index (χ3v) is 3.28. The number of aromatic nitrogens is 2. The summed E-state index contributed by atoms with van der Waals surface area (Å²) >= 11 is 0. The van der Waals surface area contributed by atoms with Crippen LogP contribution in [0.5, 0.6) is 0 Å². The van der Waals surface area contributed by atoms with E-state index in [0.717, 1.165) is 38.8 Å². The smallest absolute Gasteiger partial charge is 0.0771 e. The molecule has 1 fully saturated rings. The van der Waals surface area contributed by atoms with Crippen molar-refractivity contribution in [1.82, 2.24) is 15.1 Å². The summed E-state index contributed by atoms with van der Waals surface area (Å²) in [5.74, 6) is 0. The molecule has 1 aliphatic carbocycles. The van der Waals surface area contributed by atoms with Crippen LogP contribution < -0.4 is 5.32 Å². The fourth-order valence-electron chi connectivity index (χ4n) is 2.11. The largest absolute Gasteiger partial charge is 0.389 e. The quantitative estimate of drug-likeness (QED) is 0.764. The molecule has 90 valence electrons. The number of aliphatic hydroxyl groups is 1. The highest BCUT2D eigenvalue weighted by Crippen LogP contribution is 2.30. The van der Waals surface area contributed by atoms with Crippen LogP contribution >= 0.6 is 0 Å². The van der Waals surface area contributed by atoms with Gasteiger partial charge >= 0.3 is 0 Å². The Balaban J connectivity index is 1.78. The van der Waals surface area contributed by atoms with Gasteiger partial charge in [-0.15, -0.1) is 0 Å². The second-order valence-corrected chi connectivity index (χ2v) is 4.73. The Morgan fingerprint density at radius 1 is 1.56 bits per heavy atom. The molecular formula is C12H21N3O. The van der Waals surface area contributed by atoms with E-state index in [1.807, 2.05) is 16.9 Å². The standard InChI is InChI=1S/C12H21N3O/c1-2-8-15-11(4-7-14-15)9-13-10-12(16)5-3-6-12/h4,7,13,16H,2-3,5-6,8-10H2,1H3. The Kier molecular flexibility index (Phi) is 3.61. The van der Waals surface area contributed by atoms with Gasteiger partial charge in [0.2, 0.25) is 0 Å². The van der Waals surface area contributed by atoms with Crippen LogP contribution in [0.3, 0.4) is 0 Å². The molecule has 0 unspecified atom stereocenters. The number of nitrogens with one attached hydrogen (secondary N) is 1. The van der Waals surface area contributed by atoms with Crippen LogP contribution in [-0.4, -0.2) is 27.0 Å². The Hall–Kier alpha value is -0.870. The minimum absolute atomic E-state index is 0.435. The van der Waals surface area contributed by atoms with E-state index in [2.05, 4.69) is 17.3 Å². The third kappa shape index (κ3) is 2.62. The molecule has 2 rings (SSSR count). The van der Waals surface area contributed by atoms with Crippen molar-refractivity contribution in [3.63, 3.8) is 0 Å². The molecule has 1 saturated carbocycles. The zero-order valence-electron chi connectivity index (χ0n) is 9.95. The van der Waals surface area contributed by atoms with Gasteiger partial charge in [-0.1, -0.05) is 6.92 Å². The monoisotopic (exact) mass is 223 g/mol. The molecule has 0 atom stereocenters. The SMILES string of the molecule is CCCn1nccc1CNCC1(O)CCC1. The Labute approximate surface area is 96.7 Å². The second-order valence-electron chi connectivity index (χ2n) is 4.73. The highest BCUT2D eigenvalue weighted by Gasteiger charge is 2.33. The zero-order valence-corrected chi connectivity index (χ0v) is 9.95. The maximum absolute atomic E-state index is 9.93. The van der Waals surface area contributed by atoms with Gasteiger partial charge in [0, 0.05) is 25.8 Å². The summed E-state index contributed by atoms with van der Waals surface area (Å²) < 4.78 is 2.03. The number of hydrogen-bond acceptors (Lipinski definition) is 3. The van der Waals surface area contributed by atoms with Gasteiger partial charge in [0.05, 0.1) is 11.3 Å². The van der Waals surface area contributed by atoms with Crippen LogP contribution in [0.2, 0.25) is 0 Å². The van der Waals surface area contributed by atoms with Gasteiger partial charge in [0.25, 0.3) is 0 Å². The normalized spacial score (nSPS) is 18.4. The van der Waals surface area contributed by atoms with Gasteiger partial charge < -0.3 is 10.4 Å². The van der Waals surface area contributed by atoms with Crippen LogP contribution in [0.4, 0.5) is 0 Å². The molecule has 0 spiro atoms. The van der Waals surface area contributed by atoms with Gasteiger partial charge in [-0.2, -0.15) is 5.10 Å². The Morgan fingerprint density at radius 2 is 2.38 bits per heavy atom. The lowest BCUT2D eigenvalue weighted by atomic mass is 9.80. The lowest BCUT2D eigenvalue weighted by molar-refractivity contribution is -0.0315. The van der Waals surface area contributed by atoms with Crippen molar-refractivity contribution >= 4 is 0 Å². The van der Waals surface area contributed by atoms with Gasteiger partial charge in [-0.25, -0.2) is 0 Å². The predicted octanol–water partition coefficient (Wildman–Crippen LogP) is 1.30. The van der Waals surface area contributed by atoms with Crippen LogP contribution in [-0.2, 0) is 13.1 Å². The fraction of sp³-hybridized carbons (Fsp3) is 0.750. The Bertz CT molecular complexity index is 331. The molecule has 1 aromatic rings. The first-order valence-electron chi connectivity index (χ1n) is 6.17. The summed E-state index contributed by atoms with van der Waals surface area (Å²) in [6.45, 7) is 4.61. The van der Waals surface area contributed by atoms with Crippen LogP contribution in [0.15, 0.2) is 12.3 Å². The first kappa shape index (κ1) is 11.6. The fourth-order valence-corrected chi connectivity index (χ4v) is 2.11. The lowest BCUT2D eigenvalue weighted by Crippen LogP contribution is -2.46. The minimum atomic E-state index is -0.435. The van der Waals surface area contributed by atoms with Crippen molar-refractivity contribution in [2.24, 2.45) is 0 Å². The van der Waals surface area contributed by atoms with E-state index in [4.69, 9.17) is 0 Å².